The van der Waals surface area contributed by atoms with Crippen LogP contribution in [-0.4, -0.2) is 42.2 Å². The Morgan fingerprint density at radius 1 is 1.30 bits per heavy atom. The lowest BCUT2D eigenvalue weighted by molar-refractivity contribution is 0.0943. The lowest BCUT2D eigenvalue weighted by atomic mass is 10.1. The Balaban J connectivity index is 1.61. The second-order valence-electron chi connectivity index (χ2n) is 5.60. The Labute approximate surface area is 133 Å². The third-order valence-electron chi connectivity index (χ3n) is 3.79. The zero-order valence-corrected chi connectivity index (χ0v) is 13.1. The zero-order valence-electron chi connectivity index (χ0n) is 12.3. The van der Waals surface area contributed by atoms with Gasteiger partial charge in [0.25, 0.3) is 5.91 Å². The molecular formula is C15H16FN3O3S. The fourth-order valence-corrected chi connectivity index (χ4v) is 4.41. The van der Waals surface area contributed by atoms with Crippen LogP contribution in [0.2, 0.25) is 0 Å². The first-order valence-electron chi connectivity index (χ1n) is 7.23. The van der Waals surface area contributed by atoms with E-state index in [9.17, 15) is 17.6 Å². The number of rotatable bonds is 4. The maximum absolute atomic E-state index is 12.9. The Morgan fingerprint density at radius 2 is 2.04 bits per heavy atom. The number of halogens is 1. The molecule has 0 aliphatic carbocycles. The Bertz CT molecular complexity index is 815. The van der Waals surface area contributed by atoms with Crippen LogP contribution in [0, 0.1) is 11.7 Å². The Morgan fingerprint density at radius 3 is 2.70 bits per heavy atom. The predicted molar refractivity (Wildman–Crippen MR) is 82.6 cm³/mol. The quantitative estimate of drug-likeness (QED) is 0.908. The standard InChI is InChI=1S/C15H16FN3O3S/c16-12-1-3-13(4-2-12)19-7-5-14(18-19)15(20)17-9-11-6-8-23(21,22)10-11/h1-5,7,11H,6,8-10H2,(H,17,20). The second-order valence-corrected chi connectivity index (χ2v) is 7.83. The van der Waals surface area contributed by atoms with Crippen molar-refractivity contribution in [3.63, 3.8) is 0 Å². The molecular weight excluding hydrogens is 321 g/mol. The van der Waals surface area contributed by atoms with Crippen LogP contribution in [0.3, 0.4) is 0 Å². The minimum Gasteiger partial charge on any atom is -0.350 e. The van der Waals surface area contributed by atoms with Gasteiger partial charge in [0.15, 0.2) is 15.5 Å². The number of carbonyl (C=O) groups excluding carboxylic acids is 1. The van der Waals surface area contributed by atoms with Crippen LogP contribution in [0.15, 0.2) is 36.5 Å². The molecule has 23 heavy (non-hydrogen) atoms. The van der Waals surface area contributed by atoms with Gasteiger partial charge in [-0.05, 0) is 42.7 Å². The van der Waals surface area contributed by atoms with E-state index in [1.165, 1.54) is 16.8 Å². The fraction of sp³-hybridized carbons (Fsp3) is 0.333. The minimum absolute atomic E-state index is 0.0388. The van der Waals surface area contributed by atoms with Crippen molar-refractivity contribution in [3.8, 4) is 5.69 Å². The number of benzene rings is 1. The maximum Gasteiger partial charge on any atom is 0.271 e. The van der Waals surface area contributed by atoms with Crippen LogP contribution >= 0.6 is 0 Å². The molecule has 1 fully saturated rings. The molecule has 1 atom stereocenters. The minimum atomic E-state index is -2.95. The number of aromatic nitrogens is 2. The summed E-state index contributed by atoms with van der Waals surface area (Å²) in [6, 6.07) is 7.32. The van der Waals surface area contributed by atoms with Crippen LogP contribution < -0.4 is 5.32 Å². The highest BCUT2D eigenvalue weighted by Crippen LogP contribution is 2.17. The van der Waals surface area contributed by atoms with Gasteiger partial charge < -0.3 is 5.32 Å². The molecule has 1 aromatic carbocycles. The van der Waals surface area contributed by atoms with E-state index in [0.29, 0.717) is 18.7 Å². The average molecular weight is 337 g/mol. The number of nitrogens with zero attached hydrogens (tertiary/aromatic N) is 2. The molecule has 1 aliphatic rings. The lowest BCUT2D eigenvalue weighted by Crippen LogP contribution is -2.30. The highest BCUT2D eigenvalue weighted by molar-refractivity contribution is 7.91. The summed E-state index contributed by atoms with van der Waals surface area (Å²) in [6.45, 7) is 0.321. The first-order chi connectivity index (χ1) is 10.9. The summed E-state index contributed by atoms with van der Waals surface area (Å²) < 4.78 is 37.2. The molecule has 8 heteroatoms. The van der Waals surface area contributed by atoms with Gasteiger partial charge in [-0.15, -0.1) is 0 Å². The molecule has 122 valence electrons. The molecule has 1 aromatic heterocycles. The van der Waals surface area contributed by atoms with Gasteiger partial charge in [0.2, 0.25) is 0 Å². The van der Waals surface area contributed by atoms with Crippen LogP contribution in [0.1, 0.15) is 16.9 Å². The summed E-state index contributed by atoms with van der Waals surface area (Å²) in [7, 11) is -2.95. The van der Waals surface area contributed by atoms with E-state index in [1.807, 2.05) is 0 Å². The number of nitrogens with one attached hydrogen (secondary N) is 1. The van der Waals surface area contributed by atoms with Gasteiger partial charge in [0, 0.05) is 12.7 Å². The molecule has 1 aliphatic heterocycles. The first-order valence-corrected chi connectivity index (χ1v) is 9.05. The summed E-state index contributed by atoms with van der Waals surface area (Å²) in [6.07, 6.45) is 2.19. The van der Waals surface area contributed by atoms with Crippen molar-refractivity contribution >= 4 is 15.7 Å². The molecule has 0 saturated carbocycles. The van der Waals surface area contributed by atoms with E-state index in [2.05, 4.69) is 10.4 Å². The highest BCUT2D eigenvalue weighted by atomic mass is 32.2. The van der Waals surface area contributed by atoms with Gasteiger partial charge in [-0.25, -0.2) is 17.5 Å². The summed E-state index contributed by atoms with van der Waals surface area (Å²) in [5, 5.41) is 6.86. The van der Waals surface area contributed by atoms with Gasteiger partial charge in [0.1, 0.15) is 5.82 Å². The Kier molecular flexibility index (Phi) is 4.16. The van der Waals surface area contributed by atoms with E-state index in [4.69, 9.17) is 0 Å². The molecule has 1 N–H and O–H groups in total. The van der Waals surface area contributed by atoms with Crippen LogP contribution in [0.5, 0.6) is 0 Å². The topological polar surface area (TPSA) is 81.1 Å². The molecule has 0 radical (unpaired) electrons. The van der Waals surface area contributed by atoms with Crippen molar-refractivity contribution in [2.24, 2.45) is 5.92 Å². The van der Waals surface area contributed by atoms with E-state index in [-0.39, 0.29) is 34.8 Å². The van der Waals surface area contributed by atoms with Crippen LogP contribution in [0.25, 0.3) is 5.69 Å². The lowest BCUT2D eigenvalue weighted by Gasteiger charge is -2.08. The summed E-state index contributed by atoms with van der Waals surface area (Å²) >= 11 is 0. The molecule has 1 unspecified atom stereocenters. The van der Waals surface area contributed by atoms with Crippen molar-refractivity contribution in [2.45, 2.75) is 6.42 Å². The summed E-state index contributed by atoms with van der Waals surface area (Å²) in [5.74, 6) is -0.423. The van der Waals surface area contributed by atoms with Crippen LogP contribution in [-0.2, 0) is 9.84 Å². The normalized spacial score (nSPS) is 19.6. The number of carbonyl (C=O) groups is 1. The number of sulfone groups is 1. The van der Waals surface area contributed by atoms with Crippen molar-refractivity contribution in [2.75, 3.05) is 18.1 Å². The molecule has 2 aromatic rings. The predicted octanol–water partition coefficient (Wildman–Crippen LogP) is 1.18. The van der Waals surface area contributed by atoms with E-state index in [0.717, 1.165) is 0 Å². The largest absolute Gasteiger partial charge is 0.350 e. The molecule has 2 heterocycles. The van der Waals surface area contributed by atoms with E-state index < -0.39 is 9.84 Å². The number of amides is 1. The molecule has 1 saturated heterocycles. The third-order valence-corrected chi connectivity index (χ3v) is 5.63. The van der Waals surface area contributed by atoms with E-state index >= 15 is 0 Å². The van der Waals surface area contributed by atoms with Crippen molar-refractivity contribution in [1.82, 2.24) is 15.1 Å². The molecule has 1 amide bonds. The van der Waals surface area contributed by atoms with Gasteiger partial charge in [-0.1, -0.05) is 0 Å². The highest BCUT2D eigenvalue weighted by Gasteiger charge is 2.28. The smallest absolute Gasteiger partial charge is 0.271 e. The van der Waals surface area contributed by atoms with Gasteiger partial charge in [-0.3, -0.25) is 4.79 Å². The van der Waals surface area contributed by atoms with Gasteiger partial charge >= 0.3 is 0 Å². The SMILES string of the molecule is O=C(NCC1CCS(=O)(=O)C1)c1ccn(-c2ccc(F)cc2)n1. The van der Waals surface area contributed by atoms with E-state index in [1.54, 1.807) is 24.4 Å². The molecule has 0 spiro atoms. The molecule has 0 bridgehead atoms. The summed E-state index contributed by atoms with van der Waals surface area (Å²) in [5.41, 5.74) is 0.877. The Hall–Kier alpha value is -2.22. The fourth-order valence-electron chi connectivity index (χ4n) is 2.54. The number of hydrogen-bond donors (Lipinski definition) is 1. The van der Waals surface area contributed by atoms with Crippen molar-refractivity contribution < 1.29 is 17.6 Å². The maximum atomic E-state index is 12.9. The monoisotopic (exact) mass is 337 g/mol. The van der Waals surface area contributed by atoms with Gasteiger partial charge in [0.05, 0.1) is 17.2 Å². The number of hydrogen-bond acceptors (Lipinski definition) is 4. The molecule has 6 nitrogen and oxygen atoms in total. The third kappa shape index (κ3) is 3.76. The summed E-state index contributed by atoms with van der Waals surface area (Å²) in [4.78, 5) is 12.1. The average Bonchev–Trinajstić information content (AvgIpc) is 3.12. The van der Waals surface area contributed by atoms with Gasteiger partial charge in [-0.2, -0.15) is 5.10 Å². The first kappa shape index (κ1) is 15.7. The zero-order chi connectivity index (χ0) is 16.4. The van der Waals surface area contributed by atoms with Crippen molar-refractivity contribution in [3.05, 3.63) is 48.0 Å². The van der Waals surface area contributed by atoms with Crippen molar-refractivity contribution in [1.29, 1.82) is 0 Å². The molecule has 3 rings (SSSR count). The second kappa shape index (κ2) is 6.11. The van der Waals surface area contributed by atoms with Crippen LogP contribution in [0.4, 0.5) is 4.39 Å².